The van der Waals surface area contributed by atoms with Gasteiger partial charge >= 0.3 is 5.97 Å². The van der Waals surface area contributed by atoms with Crippen LogP contribution in [0.2, 0.25) is 5.02 Å². The quantitative estimate of drug-likeness (QED) is 0.407. The van der Waals surface area contributed by atoms with Crippen LogP contribution in [0.15, 0.2) is 48.5 Å². The number of quaternary nitrogens is 1. The lowest BCUT2D eigenvalue weighted by atomic mass is 9.87. The van der Waals surface area contributed by atoms with Crippen molar-refractivity contribution in [2.24, 2.45) is 5.92 Å². The van der Waals surface area contributed by atoms with Crippen LogP contribution in [-0.4, -0.2) is 54.3 Å². The summed E-state index contributed by atoms with van der Waals surface area (Å²) in [4.78, 5) is 15.3. The zero-order valence-corrected chi connectivity index (χ0v) is 24.1. The first-order valence-corrected chi connectivity index (χ1v) is 14.2. The van der Waals surface area contributed by atoms with Crippen LogP contribution >= 0.6 is 11.6 Å². The third-order valence-electron chi connectivity index (χ3n) is 9.51. The van der Waals surface area contributed by atoms with Crippen LogP contribution in [0.25, 0.3) is 0 Å². The molecular formula is C31H42Cl2N2O2. The minimum atomic E-state index is -0.0348. The molecule has 4 nitrogen and oxygen atoms in total. The van der Waals surface area contributed by atoms with Gasteiger partial charge in [-0.1, -0.05) is 67.3 Å². The molecule has 2 aliphatic carbocycles. The van der Waals surface area contributed by atoms with Crippen LogP contribution < -0.4 is 12.4 Å². The molecule has 3 atom stereocenters. The lowest BCUT2D eigenvalue weighted by molar-refractivity contribution is -0.974. The standard InChI is InChI=1S/C31H42ClN2O2.ClH/c1-31(2)21-33(16-17-34(31,3)22-36-30(35)18-23-10-6-4-7-11-23)29-20-27(24-12-8-5-9-13-24)26-15-14-25(32)19-28(26)29;/h5,8-9,12-15,19,23,27,29H,4,6-7,10-11,16-18,20-22H2,1-3H3;1H/q+1;/p-1/t27-,29+,34-;/m0./s1. The molecule has 0 amide bonds. The van der Waals surface area contributed by atoms with E-state index in [1.807, 2.05) is 6.07 Å². The number of hydrogen-bond donors (Lipinski definition) is 0. The van der Waals surface area contributed by atoms with E-state index in [0.29, 0.717) is 31.0 Å². The van der Waals surface area contributed by atoms with E-state index in [-0.39, 0.29) is 23.9 Å². The van der Waals surface area contributed by atoms with Crippen molar-refractivity contribution in [1.29, 1.82) is 0 Å². The van der Waals surface area contributed by atoms with E-state index < -0.39 is 0 Å². The number of likely N-dealkylation sites (N-methyl/N-ethyl adjacent to an activating group) is 1. The normalized spacial score (nSPS) is 27.8. The largest absolute Gasteiger partial charge is 1.00 e. The van der Waals surface area contributed by atoms with Gasteiger partial charge < -0.3 is 17.1 Å². The molecule has 1 saturated heterocycles. The summed E-state index contributed by atoms with van der Waals surface area (Å²) in [6.07, 6.45) is 7.86. The summed E-state index contributed by atoms with van der Waals surface area (Å²) in [7, 11) is 2.26. The summed E-state index contributed by atoms with van der Waals surface area (Å²) >= 11 is 6.49. The molecule has 0 radical (unpaired) electrons. The predicted molar refractivity (Wildman–Crippen MR) is 146 cm³/mol. The van der Waals surface area contributed by atoms with E-state index in [2.05, 4.69) is 68.3 Å². The predicted octanol–water partition coefficient (Wildman–Crippen LogP) is 3.93. The highest BCUT2D eigenvalue weighted by Gasteiger charge is 2.49. The number of piperazine rings is 1. The SMILES string of the molecule is CC1(C)CN([C@@H]2C[C@@H](c3ccccc3)c3ccc(Cl)cc32)CC[N@@+]1(C)COC(=O)CC1CCCCC1.[Cl-]. The van der Waals surface area contributed by atoms with Crippen LogP contribution in [0.5, 0.6) is 0 Å². The Balaban J connectivity index is 0.00000320. The van der Waals surface area contributed by atoms with Gasteiger partial charge in [-0.2, -0.15) is 0 Å². The second-order valence-corrected chi connectivity index (χ2v) is 12.7. The molecule has 1 saturated carbocycles. The van der Waals surface area contributed by atoms with Gasteiger partial charge in [0.2, 0.25) is 6.73 Å². The van der Waals surface area contributed by atoms with E-state index in [9.17, 15) is 4.79 Å². The van der Waals surface area contributed by atoms with Crippen LogP contribution in [0.3, 0.4) is 0 Å². The van der Waals surface area contributed by atoms with E-state index >= 15 is 0 Å². The first-order chi connectivity index (χ1) is 17.3. The van der Waals surface area contributed by atoms with Crippen LogP contribution in [0.1, 0.15) is 87.4 Å². The Hall–Kier alpha value is -1.59. The van der Waals surface area contributed by atoms with Crippen LogP contribution in [-0.2, 0) is 9.53 Å². The number of hydrogen-bond acceptors (Lipinski definition) is 3. The van der Waals surface area contributed by atoms with Crippen molar-refractivity contribution in [3.63, 3.8) is 0 Å². The molecule has 1 aliphatic heterocycles. The molecule has 1 heterocycles. The summed E-state index contributed by atoms with van der Waals surface area (Å²) in [5.74, 6) is 0.910. The molecule has 2 aromatic rings. The van der Waals surface area contributed by atoms with E-state index in [1.165, 1.54) is 48.8 Å². The number of nitrogens with zero attached hydrogens (tertiary/aromatic N) is 2. The highest BCUT2D eigenvalue weighted by atomic mass is 35.5. The smallest absolute Gasteiger partial charge is 0.310 e. The zero-order valence-electron chi connectivity index (χ0n) is 22.6. The number of ether oxygens (including phenoxy) is 1. The average molecular weight is 546 g/mol. The van der Waals surface area contributed by atoms with E-state index in [0.717, 1.165) is 35.6 Å². The number of esters is 1. The van der Waals surface area contributed by atoms with E-state index in [1.54, 1.807) is 0 Å². The molecule has 37 heavy (non-hydrogen) atoms. The molecule has 0 spiro atoms. The van der Waals surface area contributed by atoms with Gasteiger partial charge in [0.05, 0.1) is 20.1 Å². The summed E-state index contributed by atoms with van der Waals surface area (Å²) in [5.41, 5.74) is 4.13. The van der Waals surface area contributed by atoms with Gasteiger partial charge in [-0.05, 0) is 67.9 Å². The fraction of sp³-hybridized carbons (Fsp3) is 0.581. The number of halogens is 2. The Morgan fingerprint density at radius 3 is 2.51 bits per heavy atom. The first-order valence-electron chi connectivity index (χ1n) is 13.8. The van der Waals surface area contributed by atoms with Gasteiger partial charge in [-0.3, -0.25) is 14.2 Å². The molecule has 0 aromatic heterocycles. The number of rotatable bonds is 6. The van der Waals surface area contributed by atoms with Crippen molar-refractivity contribution in [3.8, 4) is 0 Å². The Morgan fingerprint density at radius 2 is 1.81 bits per heavy atom. The van der Waals surface area contributed by atoms with Gasteiger partial charge in [0.1, 0.15) is 5.54 Å². The monoisotopic (exact) mass is 544 g/mol. The van der Waals surface area contributed by atoms with Crippen molar-refractivity contribution in [3.05, 3.63) is 70.2 Å². The minimum Gasteiger partial charge on any atom is -1.00 e. The van der Waals surface area contributed by atoms with Gasteiger partial charge in [0.25, 0.3) is 0 Å². The minimum absolute atomic E-state index is 0. The number of carbonyl (C=O) groups excluding carboxylic acids is 1. The van der Waals surface area contributed by atoms with E-state index in [4.69, 9.17) is 16.3 Å². The fourth-order valence-corrected chi connectivity index (χ4v) is 6.96. The third-order valence-corrected chi connectivity index (χ3v) is 9.74. The van der Waals surface area contributed by atoms with Crippen molar-refractivity contribution >= 4 is 17.6 Å². The molecule has 5 rings (SSSR count). The molecule has 2 aromatic carbocycles. The first kappa shape index (κ1) is 28.4. The Labute approximate surface area is 234 Å². The van der Waals surface area contributed by atoms with Gasteiger partial charge in [0.15, 0.2) is 0 Å². The molecule has 3 aliphatic rings. The second kappa shape index (κ2) is 11.7. The van der Waals surface area contributed by atoms with Gasteiger partial charge in [-0.15, -0.1) is 0 Å². The average Bonchev–Trinajstić information content (AvgIpc) is 3.24. The fourth-order valence-electron chi connectivity index (χ4n) is 6.78. The highest BCUT2D eigenvalue weighted by Crippen LogP contribution is 2.48. The zero-order chi connectivity index (χ0) is 25.3. The maximum Gasteiger partial charge on any atom is 0.310 e. The van der Waals surface area contributed by atoms with Gasteiger partial charge in [-0.25, -0.2) is 0 Å². The topological polar surface area (TPSA) is 29.5 Å². The molecule has 2 fully saturated rings. The van der Waals surface area contributed by atoms with Crippen LogP contribution in [0, 0.1) is 5.92 Å². The maximum atomic E-state index is 12.7. The summed E-state index contributed by atoms with van der Waals surface area (Å²) in [5, 5.41) is 0.814. The van der Waals surface area contributed by atoms with Crippen molar-refractivity contribution < 1.29 is 26.4 Å². The molecule has 202 valence electrons. The molecule has 0 unspecified atom stereocenters. The molecule has 0 bridgehead atoms. The molecular weight excluding hydrogens is 503 g/mol. The maximum absolute atomic E-state index is 12.7. The van der Waals surface area contributed by atoms with Crippen molar-refractivity contribution in [2.45, 2.75) is 76.3 Å². The number of carbonyl (C=O) groups is 1. The molecule has 0 N–H and O–H groups in total. The number of benzene rings is 2. The summed E-state index contributed by atoms with van der Waals surface area (Å²) < 4.78 is 6.69. The van der Waals surface area contributed by atoms with Gasteiger partial charge in [0, 0.05) is 29.9 Å². The Bertz CT molecular complexity index is 1070. The summed E-state index contributed by atoms with van der Waals surface area (Å²) in [6, 6.07) is 17.7. The van der Waals surface area contributed by atoms with Crippen LogP contribution in [0.4, 0.5) is 0 Å². The Morgan fingerprint density at radius 1 is 1.08 bits per heavy atom. The van der Waals surface area contributed by atoms with Crippen molar-refractivity contribution in [2.75, 3.05) is 33.4 Å². The summed E-state index contributed by atoms with van der Waals surface area (Å²) in [6.45, 7) is 8.03. The van der Waals surface area contributed by atoms with Crippen molar-refractivity contribution in [1.82, 2.24) is 4.90 Å². The highest BCUT2D eigenvalue weighted by molar-refractivity contribution is 6.30. The third kappa shape index (κ3) is 6.03. The molecule has 6 heteroatoms. The Kier molecular flexibility index (Phi) is 8.95. The lowest BCUT2D eigenvalue weighted by Gasteiger charge is -2.53. The number of fused-ring (bicyclic) bond motifs is 1. The lowest BCUT2D eigenvalue weighted by Crippen LogP contribution is -3.00. The second-order valence-electron chi connectivity index (χ2n) is 12.2.